The van der Waals surface area contributed by atoms with Gasteiger partial charge in [-0.2, -0.15) is 0 Å². The fourth-order valence-electron chi connectivity index (χ4n) is 8.65. The van der Waals surface area contributed by atoms with E-state index < -0.39 is 0 Å². The number of nitrogens with zero attached hydrogens (tertiary/aromatic N) is 3. The molecule has 0 unspecified atom stereocenters. The molecule has 4 heteroatoms. The average molecular weight is 716 g/mol. The zero-order valence-electron chi connectivity index (χ0n) is 29.5. The van der Waals surface area contributed by atoms with Gasteiger partial charge in [-0.15, -0.1) is 11.3 Å². The molecule has 2 aromatic heterocycles. The Labute approximate surface area is 320 Å². The molecule has 55 heavy (non-hydrogen) atoms. The maximum absolute atomic E-state index is 5.27. The highest BCUT2D eigenvalue weighted by Crippen LogP contribution is 2.51. The molecule has 0 saturated heterocycles. The predicted molar refractivity (Wildman–Crippen MR) is 231 cm³/mol. The minimum Gasteiger partial charge on any atom is -0.208 e. The topological polar surface area (TPSA) is 38.7 Å². The largest absolute Gasteiger partial charge is 0.208 e. The lowest BCUT2D eigenvalue weighted by atomic mass is 9.97. The molecular weight excluding hydrogens is 687 g/mol. The molecule has 12 rings (SSSR count). The van der Waals surface area contributed by atoms with Crippen molar-refractivity contribution in [2.75, 3.05) is 0 Å². The molecule has 2 heterocycles. The summed E-state index contributed by atoms with van der Waals surface area (Å²) in [5, 5.41) is 9.84. The van der Waals surface area contributed by atoms with Crippen LogP contribution in [0.15, 0.2) is 176 Å². The van der Waals surface area contributed by atoms with Crippen LogP contribution in [-0.2, 0) is 0 Å². The van der Waals surface area contributed by atoms with E-state index in [-0.39, 0.29) is 0 Å². The van der Waals surface area contributed by atoms with Crippen LogP contribution in [0.3, 0.4) is 0 Å². The van der Waals surface area contributed by atoms with Gasteiger partial charge in [0, 0.05) is 36.9 Å². The highest BCUT2D eigenvalue weighted by Gasteiger charge is 2.24. The molecular formula is C51H29N3S. The molecule has 11 aromatic rings. The Balaban J connectivity index is 1.06. The van der Waals surface area contributed by atoms with Gasteiger partial charge in [-0.05, 0) is 90.0 Å². The summed E-state index contributed by atoms with van der Waals surface area (Å²) >= 11 is 1.84. The number of aromatic nitrogens is 3. The third-order valence-corrected chi connectivity index (χ3v) is 12.4. The van der Waals surface area contributed by atoms with Crippen LogP contribution in [-0.4, -0.2) is 15.0 Å². The summed E-state index contributed by atoms with van der Waals surface area (Å²) in [7, 11) is 0. The van der Waals surface area contributed by atoms with Gasteiger partial charge in [0.25, 0.3) is 0 Å². The lowest BCUT2D eigenvalue weighted by Crippen LogP contribution is -2.00. The molecule has 0 spiro atoms. The van der Waals surface area contributed by atoms with E-state index in [9.17, 15) is 0 Å². The Bertz CT molecular complexity index is 3370. The van der Waals surface area contributed by atoms with Crippen molar-refractivity contribution >= 4 is 63.8 Å². The van der Waals surface area contributed by atoms with E-state index in [1.807, 2.05) is 11.3 Å². The number of hydrogen-bond acceptors (Lipinski definition) is 4. The first-order valence-corrected chi connectivity index (χ1v) is 19.4. The molecule has 1 aliphatic rings. The van der Waals surface area contributed by atoms with Crippen LogP contribution in [0.2, 0.25) is 0 Å². The van der Waals surface area contributed by atoms with Crippen LogP contribution in [0.5, 0.6) is 0 Å². The Morgan fingerprint density at radius 1 is 0.291 bits per heavy atom. The Morgan fingerprint density at radius 2 is 0.873 bits per heavy atom. The molecule has 0 N–H and O–H groups in total. The summed E-state index contributed by atoms with van der Waals surface area (Å²) < 4.78 is 2.48. The van der Waals surface area contributed by atoms with E-state index in [2.05, 4.69) is 176 Å². The van der Waals surface area contributed by atoms with Crippen molar-refractivity contribution in [1.29, 1.82) is 0 Å². The molecule has 1 aliphatic carbocycles. The second-order valence-corrected chi connectivity index (χ2v) is 15.4. The third kappa shape index (κ3) is 4.72. The average Bonchev–Trinajstić information content (AvgIpc) is 3.78. The van der Waals surface area contributed by atoms with Crippen molar-refractivity contribution in [1.82, 2.24) is 15.0 Å². The molecule has 0 saturated carbocycles. The molecule has 0 amide bonds. The van der Waals surface area contributed by atoms with Gasteiger partial charge in [-0.3, -0.25) is 0 Å². The van der Waals surface area contributed by atoms with E-state index in [1.165, 1.54) is 74.9 Å². The molecule has 254 valence electrons. The minimum absolute atomic E-state index is 0.650. The van der Waals surface area contributed by atoms with Crippen LogP contribution < -0.4 is 0 Å². The quantitative estimate of drug-likeness (QED) is 0.182. The number of hydrogen-bond donors (Lipinski definition) is 0. The van der Waals surface area contributed by atoms with Crippen molar-refractivity contribution in [3.8, 4) is 67.5 Å². The van der Waals surface area contributed by atoms with E-state index in [0.717, 1.165) is 27.6 Å². The van der Waals surface area contributed by atoms with Gasteiger partial charge in [-0.25, -0.2) is 15.0 Å². The van der Waals surface area contributed by atoms with E-state index in [0.29, 0.717) is 17.5 Å². The van der Waals surface area contributed by atoms with Gasteiger partial charge in [0.2, 0.25) is 0 Å². The molecule has 0 atom stereocenters. The Kier molecular flexibility index (Phi) is 6.50. The van der Waals surface area contributed by atoms with Gasteiger partial charge in [0.05, 0.1) is 0 Å². The second kappa shape index (κ2) is 11.7. The predicted octanol–water partition coefficient (Wildman–Crippen LogP) is 14.0. The van der Waals surface area contributed by atoms with Crippen molar-refractivity contribution in [2.24, 2.45) is 0 Å². The molecule has 0 fully saturated rings. The summed E-state index contributed by atoms with van der Waals surface area (Å²) in [5.41, 5.74) is 10.5. The van der Waals surface area contributed by atoms with Gasteiger partial charge in [0.1, 0.15) is 0 Å². The smallest absolute Gasteiger partial charge is 0.164 e. The molecule has 0 radical (unpaired) electrons. The van der Waals surface area contributed by atoms with Gasteiger partial charge < -0.3 is 0 Å². The van der Waals surface area contributed by atoms with Crippen LogP contribution in [0.1, 0.15) is 0 Å². The normalized spacial score (nSPS) is 12.0. The van der Waals surface area contributed by atoms with Gasteiger partial charge in [-0.1, -0.05) is 152 Å². The third-order valence-electron chi connectivity index (χ3n) is 11.2. The zero-order chi connectivity index (χ0) is 36.0. The van der Waals surface area contributed by atoms with Crippen molar-refractivity contribution in [3.05, 3.63) is 176 Å². The summed E-state index contributed by atoms with van der Waals surface area (Å²) in [6.07, 6.45) is 0. The fraction of sp³-hybridized carbons (Fsp3) is 0. The van der Waals surface area contributed by atoms with Gasteiger partial charge >= 0.3 is 0 Å². The van der Waals surface area contributed by atoms with Gasteiger partial charge in [0.15, 0.2) is 17.5 Å². The number of fused-ring (bicyclic) bond motifs is 8. The maximum Gasteiger partial charge on any atom is 0.164 e. The highest BCUT2D eigenvalue weighted by molar-refractivity contribution is 7.26. The summed E-state index contributed by atoms with van der Waals surface area (Å²) in [6, 6.07) is 63.2. The SMILES string of the molecule is c1ccc2cc(-c3nc(-c4ccc(-c5cccc6ccccc56)cc4)nc(-c4cccc5sc6cc7c(cc6c45)-c4cccc5cccc-7c45)n3)ccc2c1. The first kappa shape index (κ1) is 30.5. The molecule has 3 nitrogen and oxygen atoms in total. The second-order valence-electron chi connectivity index (χ2n) is 14.4. The number of benzene rings is 9. The molecule has 0 aliphatic heterocycles. The number of thiophene rings is 1. The lowest BCUT2D eigenvalue weighted by Gasteiger charge is -2.11. The van der Waals surface area contributed by atoms with Crippen molar-refractivity contribution in [3.63, 3.8) is 0 Å². The van der Waals surface area contributed by atoms with E-state index in [1.54, 1.807) is 0 Å². The van der Waals surface area contributed by atoms with E-state index >= 15 is 0 Å². The zero-order valence-corrected chi connectivity index (χ0v) is 30.3. The standard InChI is InChI=1S/C51H29N3S/c1-2-11-35-27-36(26-21-30(35)9-1)50-52-49(34-24-22-32(23-25-34)38-16-5-12-31-10-3-4-15-37(31)38)53-51(54-50)41-19-8-20-45-48(41)44-28-42-39-17-6-13-33-14-7-18-40(47(33)39)43(42)29-46(44)55-45/h1-29H. The highest BCUT2D eigenvalue weighted by atomic mass is 32.1. The lowest BCUT2D eigenvalue weighted by molar-refractivity contribution is 1.08. The first-order valence-electron chi connectivity index (χ1n) is 18.6. The maximum atomic E-state index is 5.27. The Morgan fingerprint density at radius 3 is 1.69 bits per heavy atom. The minimum atomic E-state index is 0.650. The van der Waals surface area contributed by atoms with E-state index in [4.69, 9.17) is 15.0 Å². The fourth-order valence-corrected chi connectivity index (χ4v) is 9.81. The molecule has 0 bridgehead atoms. The Hall–Kier alpha value is -7.01. The summed E-state index contributed by atoms with van der Waals surface area (Å²) in [5.74, 6) is 1.98. The van der Waals surface area contributed by atoms with Crippen LogP contribution in [0.25, 0.3) is 120 Å². The monoisotopic (exact) mass is 715 g/mol. The number of rotatable bonds is 4. The van der Waals surface area contributed by atoms with Crippen LogP contribution in [0, 0.1) is 0 Å². The summed E-state index contributed by atoms with van der Waals surface area (Å²) in [6.45, 7) is 0. The van der Waals surface area contributed by atoms with Crippen molar-refractivity contribution < 1.29 is 0 Å². The van der Waals surface area contributed by atoms with Crippen LogP contribution in [0.4, 0.5) is 0 Å². The first-order chi connectivity index (χ1) is 27.2. The molecule has 9 aromatic carbocycles. The van der Waals surface area contributed by atoms with Crippen molar-refractivity contribution in [2.45, 2.75) is 0 Å². The van der Waals surface area contributed by atoms with Crippen LogP contribution >= 0.6 is 11.3 Å². The summed E-state index contributed by atoms with van der Waals surface area (Å²) in [4.78, 5) is 15.7.